The summed E-state index contributed by atoms with van der Waals surface area (Å²) in [5.74, 6) is 1.99. The number of ether oxygens (including phenoxy) is 1. The van der Waals surface area contributed by atoms with E-state index >= 15 is 0 Å². The lowest BCUT2D eigenvalue weighted by molar-refractivity contribution is 0.153. The van der Waals surface area contributed by atoms with Gasteiger partial charge in [-0.05, 0) is 32.1 Å². The quantitative estimate of drug-likeness (QED) is 0.182. The van der Waals surface area contributed by atoms with Gasteiger partial charge in [-0.25, -0.2) is 0 Å². The van der Waals surface area contributed by atoms with Crippen molar-refractivity contribution in [1.82, 2.24) is 10.6 Å². The van der Waals surface area contributed by atoms with E-state index in [0.29, 0.717) is 0 Å². The molecule has 4 nitrogen and oxygen atoms in total. The first-order valence-electron chi connectivity index (χ1n) is 9.66. The highest BCUT2D eigenvalue weighted by Crippen LogP contribution is 2.28. The summed E-state index contributed by atoms with van der Waals surface area (Å²) in [5, 5.41) is 6.80. The van der Waals surface area contributed by atoms with Gasteiger partial charge in [0.05, 0.1) is 13.2 Å². The van der Waals surface area contributed by atoms with Gasteiger partial charge in [0.15, 0.2) is 5.96 Å². The normalized spacial score (nSPS) is 18.9. The number of guanidine groups is 1. The Kier molecular flexibility index (Phi) is 12.6. The smallest absolute Gasteiger partial charge is 0.191 e. The molecule has 1 aliphatic carbocycles. The zero-order valence-corrected chi connectivity index (χ0v) is 17.6. The predicted molar refractivity (Wildman–Crippen MR) is 113 cm³/mol. The summed E-state index contributed by atoms with van der Waals surface area (Å²) in [4.78, 5) is 4.71. The number of hydrogen-bond donors (Lipinski definition) is 2. The van der Waals surface area contributed by atoms with Crippen molar-refractivity contribution in [3.8, 4) is 0 Å². The third-order valence-corrected chi connectivity index (χ3v) is 4.91. The number of nitrogens with one attached hydrogen (secondary N) is 2. The average Bonchev–Trinajstić information content (AvgIpc) is 3.09. The molecule has 0 aromatic heterocycles. The van der Waals surface area contributed by atoms with Crippen molar-refractivity contribution in [1.29, 1.82) is 0 Å². The molecule has 140 valence electrons. The second-order valence-corrected chi connectivity index (χ2v) is 6.77. The van der Waals surface area contributed by atoms with Crippen LogP contribution in [0.5, 0.6) is 0 Å². The van der Waals surface area contributed by atoms with Gasteiger partial charge < -0.3 is 15.4 Å². The Morgan fingerprint density at radius 3 is 2.79 bits per heavy atom. The van der Waals surface area contributed by atoms with E-state index in [1.165, 1.54) is 50.5 Å². The van der Waals surface area contributed by atoms with E-state index in [4.69, 9.17) is 9.73 Å². The monoisotopic (exact) mass is 449 g/mol. The van der Waals surface area contributed by atoms with Crippen molar-refractivity contribution in [2.45, 2.75) is 64.7 Å². The molecule has 0 aromatic carbocycles. The SMILES string of the molecule is CCNC(=NCCCCC1CCCC1)NCCC1=CCOCC1.I. The summed E-state index contributed by atoms with van der Waals surface area (Å²) in [5.41, 5.74) is 1.51. The minimum Gasteiger partial charge on any atom is -0.377 e. The predicted octanol–water partition coefficient (Wildman–Crippen LogP) is 4.26. The summed E-state index contributed by atoms with van der Waals surface area (Å²) in [6.45, 7) is 6.60. The van der Waals surface area contributed by atoms with Gasteiger partial charge in [-0.3, -0.25) is 4.99 Å². The van der Waals surface area contributed by atoms with Crippen molar-refractivity contribution in [2.24, 2.45) is 10.9 Å². The van der Waals surface area contributed by atoms with E-state index in [-0.39, 0.29) is 24.0 Å². The molecular formula is C19H36IN3O. The third kappa shape index (κ3) is 9.25. The molecule has 0 bridgehead atoms. The Morgan fingerprint density at radius 1 is 1.25 bits per heavy atom. The maximum absolute atomic E-state index is 5.35. The number of rotatable bonds is 9. The molecule has 1 saturated carbocycles. The average molecular weight is 449 g/mol. The van der Waals surface area contributed by atoms with Crippen LogP contribution >= 0.6 is 24.0 Å². The number of hydrogen-bond acceptors (Lipinski definition) is 2. The molecule has 0 spiro atoms. The maximum Gasteiger partial charge on any atom is 0.191 e. The Morgan fingerprint density at radius 2 is 2.08 bits per heavy atom. The van der Waals surface area contributed by atoms with E-state index in [0.717, 1.165) is 57.6 Å². The minimum absolute atomic E-state index is 0. The summed E-state index contributed by atoms with van der Waals surface area (Å²) < 4.78 is 5.35. The number of nitrogens with zero attached hydrogens (tertiary/aromatic N) is 1. The second kappa shape index (κ2) is 13.9. The largest absolute Gasteiger partial charge is 0.377 e. The van der Waals surface area contributed by atoms with Gasteiger partial charge in [0.25, 0.3) is 0 Å². The standard InChI is InChI=1S/C19H35N3O.HI/c1-2-20-19(22-14-10-18-11-15-23-16-12-18)21-13-6-5-9-17-7-3-4-8-17;/h11,17H,2-10,12-16H2,1H3,(H2,20,21,22);1H. The fraction of sp³-hybridized carbons (Fsp3) is 0.842. The summed E-state index contributed by atoms with van der Waals surface area (Å²) in [6, 6.07) is 0. The van der Waals surface area contributed by atoms with Gasteiger partial charge >= 0.3 is 0 Å². The van der Waals surface area contributed by atoms with Gasteiger partial charge in [0.2, 0.25) is 0 Å². The van der Waals surface area contributed by atoms with Crippen LogP contribution < -0.4 is 10.6 Å². The summed E-state index contributed by atoms with van der Waals surface area (Å²) in [6.07, 6.45) is 14.2. The molecule has 2 aliphatic rings. The van der Waals surface area contributed by atoms with Crippen molar-refractivity contribution in [3.63, 3.8) is 0 Å². The molecule has 2 rings (SSSR count). The van der Waals surface area contributed by atoms with E-state index in [1.807, 2.05) is 0 Å². The van der Waals surface area contributed by atoms with Crippen LogP contribution in [0.1, 0.15) is 64.7 Å². The highest BCUT2D eigenvalue weighted by molar-refractivity contribution is 14.0. The Balaban J connectivity index is 0.00000288. The topological polar surface area (TPSA) is 45.7 Å². The van der Waals surface area contributed by atoms with Crippen LogP contribution in [-0.2, 0) is 4.74 Å². The molecule has 0 radical (unpaired) electrons. The van der Waals surface area contributed by atoms with Gasteiger partial charge in [-0.15, -0.1) is 24.0 Å². The fourth-order valence-electron chi connectivity index (χ4n) is 3.51. The minimum atomic E-state index is 0. The first kappa shape index (κ1) is 21.7. The Hall–Kier alpha value is -0.300. The molecule has 1 fully saturated rings. The van der Waals surface area contributed by atoms with Gasteiger partial charge in [-0.1, -0.05) is 50.2 Å². The lowest BCUT2D eigenvalue weighted by Gasteiger charge is -2.15. The van der Waals surface area contributed by atoms with Gasteiger partial charge in [0.1, 0.15) is 0 Å². The van der Waals surface area contributed by atoms with Crippen molar-refractivity contribution in [2.75, 3.05) is 32.8 Å². The molecular weight excluding hydrogens is 413 g/mol. The lowest BCUT2D eigenvalue weighted by Crippen LogP contribution is -2.38. The molecule has 1 heterocycles. The Bertz CT molecular complexity index is 379. The molecule has 1 aliphatic heterocycles. The van der Waals surface area contributed by atoms with Crippen LogP contribution in [0.25, 0.3) is 0 Å². The van der Waals surface area contributed by atoms with E-state index in [9.17, 15) is 0 Å². The first-order chi connectivity index (χ1) is 11.4. The van der Waals surface area contributed by atoms with Crippen LogP contribution in [0.4, 0.5) is 0 Å². The van der Waals surface area contributed by atoms with E-state index < -0.39 is 0 Å². The summed E-state index contributed by atoms with van der Waals surface area (Å²) in [7, 11) is 0. The highest BCUT2D eigenvalue weighted by Gasteiger charge is 2.13. The molecule has 5 heteroatoms. The van der Waals surface area contributed by atoms with Gasteiger partial charge in [-0.2, -0.15) is 0 Å². The molecule has 2 N–H and O–H groups in total. The zero-order valence-electron chi connectivity index (χ0n) is 15.3. The zero-order chi connectivity index (χ0) is 16.2. The van der Waals surface area contributed by atoms with Crippen LogP contribution in [-0.4, -0.2) is 38.8 Å². The molecule has 0 saturated heterocycles. The van der Waals surface area contributed by atoms with Gasteiger partial charge in [0, 0.05) is 19.6 Å². The van der Waals surface area contributed by atoms with Crippen molar-refractivity contribution < 1.29 is 4.74 Å². The van der Waals surface area contributed by atoms with Crippen molar-refractivity contribution in [3.05, 3.63) is 11.6 Å². The molecule has 0 atom stereocenters. The molecule has 0 aromatic rings. The first-order valence-corrected chi connectivity index (χ1v) is 9.66. The van der Waals surface area contributed by atoms with Crippen LogP contribution in [0.2, 0.25) is 0 Å². The molecule has 0 amide bonds. The van der Waals surface area contributed by atoms with Crippen molar-refractivity contribution >= 4 is 29.9 Å². The highest BCUT2D eigenvalue weighted by atomic mass is 127. The third-order valence-electron chi connectivity index (χ3n) is 4.91. The maximum atomic E-state index is 5.35. The van der Waals surface area contributed by atoms with Crippen LogP contribution in [0, 0.1) is 5.92 Å². The fourth-order valence-corrected chi connectivity index (χ4v) is 3.51. The van der Waals surface area contributed by atoms with E-state index in [2.05, 4.69) is 23.6 Å². The number of halogens is 1. The number of aliphatic imine (C=N–C) groups is 1. The number of unbranched alkanes of at least 4 members (excludes halogenated alkanes) is 1. The van der Waals surface area contributed by atoms with E-state index in [1.54, 1.807) is 0 Å². The second-order valence-electron chi connectivity index (χ2n) is 6.77. The summed E-state index contributed by atoms with van der Waals surface area (Å²) >= 11 is 0. The molecule has 0 unspecified atom stereocenters. The van der Waals surface area contributed by atoms with Crippen LogP contribution in [0.15, 0.2) is 16.6 Å². The lowest BCUT2D eigenvalue weighted by atomic mass is 10.0. The Labute approximate surface area is 165 Å². The van der Waals surface area contributed by atoms with Crippen LogP contribution in [0.3, 0.4) is 0 Å². The molecule has 24 heavy (non-hydrogen) atoms.